The molecule has 6 heteroatoms. The second kappa shape index (κ2) is 5.61. The third kappa shape index (κ3) is 3.07. The predicted octanol–water partition coefficient (Wildman–Crippen LogP) is 1.83. The van der Waals surface area contributed by atoms with Crippen molar-refractivity contribution in [2.75, 3.05) is 13.1 Å². The van der Waals surface area contributed by atoms with Gasteiger partial charge in [-0.15, -0.1) is 0 Å². The third-order valence-corrected chi connectivity index (χ3v) is 3.41. The first-order chi connectivity index (χ1) is 8.99. The van der Waals surface area contributed by atoms with Crippen LogP contribution in [-0.2, 0) is 0 Å². The smallest absolute Gasteiger partial charge is 0.251 e. The number of halogens is 3. The van der Waals surface area contributed by atoms with Gasteiger partial charge >= 0.3 is 0 Å². The van der Waals surface area contributed by atoms with Crippen molar-refractivity contribution in [2.24, 2.45) is 5.92 Å². The van der Waals surface area contributed by atoms with Gasteiger partial charge in [-0.2, -0.15) is 0 Å². The van der Waals surface area contributed by atoms with Crippen molar-refractivity contribution >= 4 is 5.91 Å². The standard InChI is InChI=1S/C13H15F3N2O/c1-7(8-2-3-17-6-8)18-13(19)9-4-10(14)12(16)11(15)5-9/h4-5,7-8,17H,2-3,6H2,1H3,(H,18,19). The van der Waals surface area contributed by atoms with Gasteiger partial charge in [-0.25, -0.2) is 13.2 Å². The average Bonchev–Trinajstić information content (AvgIpc) is 2.89. The van der Waals surface area contributed by atoms with E-state index < -0.39 is 23.4 Å². The molecule has 2 N–H and O–H groups in total. The predicted molar refractivity (Wildman–Crippen MR) is 64.2 cm³/mol. The Morgan fingerprint density at radius 3 is 2.53 bits per heavy atom. The average molecular weight is 272 g/mol. The number of rotatable bonds is 3. The molecule has 1 amide bonds. The van der Waals surface area contributed by atoms with Gasteiger partial charge in [0.1, 0.15) is 0 Å². The number of amides is 1. The van der Waals surface area contributed by atoms with E-state index in [0.717, 1.165) is 19.5 Å². The van der Waals surface area contributed by atoms with Crippen LogP contribution in [0.5, 0.6) is 0 Å². The van der Waals surface area contributed by atoms with E-state index in [-0.39, 0.29) is 11.6 Å². The van der Waals surface area contributed by atoms with Crippen LogP contribution in [0.1, 0.15) is 23.7 Å². The minimum absolute atomic E-state index is 0.112. The van der Waals surface area contributed by atoms with Crippen LogP contribution in [0.2, 0.25) is 0 Å². The summed E-state index contributed by atoms with van der Waals surface area (Å²) in [5, 5.41) is 5.85. The van der Waals surface area contributed by atoms with Gasteiger partial charge in [0, 0.05) is 11.6 Å². The summed E-state index contributed by atoms with van der Waals surface area (Å²) in [4.78, 5) is 11.8. The van der Waals surface area contributed by atoms with Gasteiger partial charge in [0.05, 0.1) is 0 Å². The van der Waals surface area contributed by atoms with Crippen molar-refractivity contribution in [3.05, 3.63) is 35.1 Å². The fraction of sp³-hybridized carbons (Fsp3) is 0.462. The van der Waals surface area contributed by atoms with Crippen molar-refractivity contribution in [3.8, 4) is 0 Å². The molecule has 0 bridgehead atoms. The Bertz CT molecular complexity index is 464. The molecule has 3 nitrogen and oxygen atoms in total. The second-order valence-corrected chi connectivity index (χ2v) is 4.77. The number of hydrogen-bond donors (Lipinski definition) is 2. The maximum atomic E-state index is 13.0. The molecule has 0 spiro atoms. The van der Waals surface area contributed by atoms with Crippen molar-refractivity contribution in [3.63, 3.8) is 0 Å². The zero-order valence-corrected chi connectivity index (χ0v) is 10.5. The molecule has 1 aliphatic heterocycles. The summed E-state index contributed by atoms with van der Waals surface area (Å²) in [6, 6.07) is 1.29. The van der Waals surface area contributed by atoms with E-state index in [1.807, 2.05) is 6.92 Å². The highest BCUT2D eigenvalue weighted by Crippen LogP contribution is 2.16. The molecule has 1 heterocycles. The third-order valence-electron chi connectivity index (χ3n) is 3.41. The molecule has 1 aromatic rings. The lowest BCUT2D eigenvalue weighted by Gasteiger charge is -2.19. The summed E-state index contributed by atoms with van der Waals surface area (Å²) in [5.41, 5.74) is -0.214. The molecule has 1 aromatic carbocycles. The molecular weight excluding hydrogens is 257 g/mol. The highest BCUT2D eigenvalue weighted by Gasteiger charge is 2.23. The molecule has 2 atom stereocenters. The maximum absolute atomic E-state index is 13.0. The lowest BCUT2D eigenvalue weighted by Crippen LogP contribution is -2.39. The summed E-state index contributed by atoms with van der Waals surface area (Å²) in [5.74, 6) is -4.60. The van der Waals surface area contributed by atoms with Crippen LogP contribution in [0, 0.1) is 23.4 Å². The summed E-state index contributed by atoms with van der Waals surface area (Å²) in [6.45, 7) is 3.53. The Hall–Kier alpha value is -1.56. The Kier molecular flexibility index (Phi) is 4.09. The van der Waals surface area contributed by atoms with E-state index in [2.05, 4.69) is 10.6 Å². The van der Waals surface area contributed by atoms with Crippen molar-refractivity contribution in [2.45, 2.75) is 19.4 Å². The lowest BCUT2D eigenvalue weighted by molar-refractivity contribution is 0.0927. The van der Waals surface area contributed by atoms with E-state index in [4.69, 9.17) is 0 Å². The van der Waals surface area contributed by atoms with Crippen molar-refractivity contribution < 1.29 is 18.0 Å². The number of nitrogens with one attached hydrogen (secondary N) is 2. The first kappa shape index (κ1) is 13.9. The molecular formula is C13H15F3N2O. The SMILES string of the molecule is CC(NC(=O)c1cc(F)c(F)c(F)c1)C1CCNC1. The highest BCUT2D eigenvalue weighted by atomic mass is 19.2. The Labute approximate surface area is 109 Å². The van der Waals surface area contributed by atoms with Gasteiger partial charge in [0.15, 0.2) is 17.5 Å². The van der Waals surface area contributed by atoms with Crippen LogP contribution in [0.3, 0.4) is 0 Å². The van der Waals surface area contributed by atoms with Gasteiger partial charge in [0.2, 0.25) is 0 Å². The highest BCUT2D eigenvalue weighted by molar-refractivity contribution is 5.94. The number of hydrogen-bond acceptors (Lipinski definition) is 2. The van der Waals surface area contributed by atoms with Crippen LogP contribution < -0.4 is 10.6 Å². The molecule has 0 radical (unpaired) electrons. The molecule has 2 unspecified atom stereocenters. The summed E-state index contributed by atoms with van der Waals surface area (Å²) in [6.07, 6.45) is 0.938. The fourth-order valence-corrected chi connectivity index (χ4v) is 2.20. The van der Waals surface area contributed by atoms with Gasteiger partial charge in [-0.1, -0.05) is 0 Å². The molecule has 104 valence electrons. The van der Waals surface area contributed by atoms with Gasteiger partial charge < -0.3 is 10.6 Å². The first-order valence-corrected chi connectivity index (χ1v) is 6.15. The molecule has 1 fully saturated rings. The quantitative estimate of drug-likeness (QED) is 0.824. The Morgan fingerprint density at radius 1 is 1.37 bits per heavy atom. The van der Waals surface area contributed by atoms with Gasteiger partial charge in [0.25, 0.3) is 5.91 Å². The van der Waals surface area contributed by atoms with Crippen LogP contribution in [0.4, 0.5) is 13.2 Å². The second-order valence-electron chi connectivity index (χ2n) is 4.77. The summed E-state index contributed by atoms with van der Waals surface area (Å²) >= 11 is 0. The normalized spacial score (nSPS) is 20.3. The summed E-state index contributed by atoms with van der Waals surface area (Å²) in [7, 11) is 0. The first-order valence-electron chi connectivity index (χ1n) is 6.15. The number of carbonyl (C=O) groups excluding carboxylic acids is 1. The lowest BCUT2D eigenvalue weighted by atomic mass is 10.0. The maximum Gasteiger partial charge on any atom is 0.251 e. The van der Waals surface area contributed by atoms with Crippen LogP contribution in [0.15, 0.2) is 12.1 Å². The van der Waals surface area contributed by atoms with Gasteiger partial charge in [-0.3, -0.25) is 4.79 Å². The van der Waals surface area contributed by atoms with Crippen LogP contribution in [-0.4, -0.2) is 25.0 Å². The monoisotopic (exact) mass is 272 g/mol. The number of carbonyl (C=O) groups is 1. The zero-order valence-electron chi connectivity index (χ0n) is 10.5. The van der Waals surface area contributed by atoms with E-state index >= 15 is 0 Å². The van der Waals surface area contributed by atoms with Gasteiger partial charge in [-0.05, 0) is 44.5 Å². The van der Waals surface area contributed by atoms with E-state index in [0.29, 0.717) is 18.1 Å². The van der Waals surface area contributed by atoms with Crippen LogP contribution >= 0.6 is 0 Å². The molecule has 1 saturated heterocycles. The summed E-state index contributed by atoms with van der Waals surface area (Å²) < 4.78 is 38.9. The zero-order chi connectivity index (χ0) is 14.0. The van der Waals surface area contributed by atoms with E-state index in [1.165, 1.54) is 0 Å². The van der Waals surface area contributed by atoms with E-state index in [1.54, 1.807) is 0 Å². The Balaban J connectivity index is 2.07. The molecule has 19 heavy (non-hydrogen) atoms. The van der Waals surface area contributed by atoms with Crippen LogP contribution in [0.25, 0.3) is 0 Å². The topological polar surface area (TPSA) is 41.1 Å². The number of benzene rings is 1. The Morgan fingerprint density at radius 2 is 2.00 bits per heavy atom. The molecule has 0 aromatic heterocycles. The largest absolute Gasteiger partial charge is 0.349 e. The molecule has 0 saturated carbocycles. The minimum Gasteiger partial charge on any atom is -0.349 e. The minimum atomic E-state index is -1.57. The van der Waals surface area contributed by atoms with Crippen molar-refractivity contribution in [1.29, 1.82) is 0 Å². The van der Waals surface area contributed by atoms with E-state index in [9.17, 15) is 18.0 Å². The fourth-order valence-electron chi connectivity index (χ4n) is 2.20. The molecule has 2 rings (SSSR count). The molecule has 0 aliphatic carbocycles. The molecule has 1 aliphatic rings. The van der Waals surface area contributed by atoms with Crippen molar-refractivity contribution in [1.82, 2.24) is 10.6 Å².